The standard InChI is InChI=1S/C13H11ClF2N2O2S/c14-11-3-2-10(5-8(11)7-17)21(19,20)18-13-6-9(15)1-4-12(13)16/h1-6,18H,7,17H2. The molecule has 4 nitrogen and oxygen atoms in total. The van der Waals surface area contributed by atoms with Crippen LogP contribution in [-0.2, 0) is 16.6 Å². The van der Waals surface area contributed by atoms with Crippen molar-refractivity contribution < 1.29 is 17.2 Å². The molecule has 0 fully saturated rings. The van der Waals surface area contributed by atoms with Crippen LogP contribution in [0, 0.1) is 11.6 Å². The fourth-order valence-electron chi connectivity index (χ4n) is 1.65. The van der Waals surface area contributed by atoms with Gasteiger partial charge < -0.3 is 5.73 Å². The van der Waals surface area contributed by atoms with Crippen molar-refractivity contribution in [2.24, 2.45) is 5.73 Å². The summed E-state index contributed by atoms with van der Waals surface area (Å²) < 4.78 is 52.9. The van der Waals surface area contributed by atoms with Crippen molar-refractivity contribution >= 4 is 27.3 Å². The Kier molecular flexibility index (Phi) is 4.46. The van der Waals surface area contributed by atoms with Crippen LogP contribution in [0.4, 0.5) is 14.5 Å². The Balaban J connectivity index is 2.41. The molecule has 0 amide bonds. The molecule has 2 rings (SSSR count). The molecular formula is C13H11ClF2N2O2S. The molecule has 0 heterocycles. The number of hydrogen-bond donors (Lipinski definition) is 2. The van der Waals surface area contributed by atoms with Gasteiger partial charge in [0, 0.05) is 17.6 Å². The third-order valence-electron chi connectivity index (χ3n) is 2.72. The van der Waals surface area contributed by atoms with Gasteiger partial charge in [-0.05, 0) is 35.9 Å². The molecule has 0 radical (unpaired) electrons. The van der Waals surface area contributed by atoms with E-state index in [2.05, 4.69) is 0 Å². The lowest BCUT2D eigenvalue weighted by Gasteiger charge is -2.10. The quantitative estimate of drug-likeness (QED) is 0.904. The van der Waals surface area contributed by atoms with Crippen LogP contribution in [0.15, 0.2) is 41.3 Å². The second-order valence-electron chi connectivity index (χ2n) is 4.19. The first-order valence-electron chi connectivity index (χ1n) is 5.80. The molecule has 0 unspecified atom stereocenters. The van der Waals surface area contributed by atoms with E-state index in [0.717, 1.165) is 18.2 Å². The second kappa shape index (κ2) is 5.97. The van der Waals surface area contributed by atoms with Gasteiger partial charge in [0.2, 0.25) is 0 Å². The van der Waals surface area contributed by atoms with Crippen molar-refractivity contribution in [1.29, 1.82) is 0 Å². The first kappa shape index (κ1) is 15.7. The zero-order chi connectivity index (χ0) is 15.6. The van der Waals surface area contributed by atoms with Crippen LogP contribution in [0.25, 0.3) is 0 Å². The molecule has 0 aliphatic heterocycles. The van der Waals surface area contributed by atoms with Gasteiger partial charge in [0.25, 0.3) is 10.0 Å². The first-order chi connectivity index (χ1) is 9.83. The summed E-state index contributed by atoms with van der Waals surface area (Å²) in [5, 5.41) is 0.327. The van der Waals surface area contributed by atoms with Gasteiger partial charge in [0.05, 0.1) is 10.6 Å². The van der Waals surface area contributed by atoms with Crippen molar-refractivity contribution in [2.45, 2.75) is 11.4 Å². The molecule has 2 aromatic rings. The lowest BCUT2D eigenvalue weighted by atomic mass is 10.2. The Hall–Kier alpha value is -1.70. The summed E-state index contributed by atoms with van der Waals surface area (Å²) in [6.07, 6.45) is 0. The highest BCUT2D eigenvalue weighted by molar-refractivity contribution is 7.92. The van der Waals surface area contributed by atoms with E-state index in [0.29, 0.717) is 10.6 Å². The number of sulfonamides is 1. The predicted molar refractivity (Wildman–Crippen MR) is 76.5 cm³/mol. The van der Waals surface area contributed by atoms with Gasteiger partial charge in [-0.15, -0.1) is 0 Å². The molecule has 0 spiro atoms. The van der Waals surface area contributed by atoms with Crippen molar-refractivity contribution in [3.63, 3.8) is 0 Å². The third-order valence-corrected chi connectivity index (χ3v) is 4.45. The molecule has 2 aromatic carbocycles. The van der Waals surface area contributed by atoms with Gasteiger partial charge >= 0.3 is 0 Å². The van der Waals surface area contributed by atoms with Crippen molar-refractivity contribution in [3.05, 3.63) is 58.6 Å². The summed E-state index contributed by atoms with van der Waals surface area (Å²) in [6.45, 7) is 0.0521. The second-order valence-corrected chi connectivity index (χ2v) is 6.28. The Morgan fingerprint density at radius 3 is 2.52 bits per heavy atom. The maximum atomic E-state index is 13.5. The van der Waals surface area contributed by atoms with Gasteiger partial charge in [0.15, 0.2) is 0 Å². The fourth-order valence-corrected chi connectivity index (χ4v) is 2.96. The highest BCUT2D eigenvalue weighted by atomic mass is 35.5. The minimum atomic E-state index is -4.07. The van der Waals surface area contributed by atoms with Crippen LogP contribution in [-0.4, -0.2) is 8.42 Å². The fraction of sp³-hybridized carbons (Fsp3) is 0.0769. The number of benzene rings is 2. The lowest BCUT2D eigenvalue weighted by molar-refractivity contribution is 0.594. The predicted octanol–water partition coefficient (Wildman–Crippen LogP) is 2.88. The largest absolute Gasteiger partial charge is 0.326 e. The van der Waals surface area contributed by atoms with E-state index in [1.165, 1.54) is 18.2 Å². The summed E-state index contributed by atoms with van der Waals surface area (Å²) in [6, 6.07) is 6.39. The van der Waals surface area contributed by atoms with Crippen LogP contribution in [0.3, 0.4) is 0 Å². The number of nitrogens with two attached hydrogens (primary N) is 1. The Labute approximate surface area is 125 Å². The van der Waals surface area contributed by atoms with E-state index in [9.17, 15) is 17.2 Å². The van der Waals surface area contributed by atoms with Gasteiger partial charge in [-0.1, -0.05) is 11.6 Å². The lowest BCUT2D eigenvalue weighted by Crippen LogP contribution is -2.15. The van der Waals surface area contributed by atoms with E-state index in [1.807, 2.05) is 4.72 Å². The normalized spacial score (nSPS) is 11.4. The number of hydrogen-bond acceptors (Lipinski definition) is 3. The van der Waals surface area contributed by atoms with Gasteiger partial charge in [-0.25, -0.2) is 17.2 Å². The smallest absolute Gasteiger partial charge is 0.261 e. The van der Waals surface area contributed by atoms with E-state index in [1.54, 1.807) is 0 Å². The zero-order valence-corrected chi connectivity index (χ0v) is 12.2. The molecule has 0 aromatic heterocycles. The average molecular weight is 333 g/mol. The minimum absolute atomic E-state index is 0.0521. The number of rotatable bonds is 4. The van der Waals surface area contributed by atoms with E-state index in [4.69, 9.17) is 17.3 Å². The number of anilines is 1. The topological polar surface area (TPSA) is 72.2 Å². The van der Waals surface area contributed by atoms with Gasteiger partial charge in [-0.2, -0.15) is 0 Å². The third kappa shape index (κ3) is 3.49. The van der Waals surface area contributed by atoms with Crippen LogP contribution in [0.2, 0.25) is 5.02 Å². The van der Waals surface area contributed by atoms with E-state index >= 15 is 0 Å². The molecule has 3 N–H and O–H groups in total. The van der Waals surface area contributed by atoms with Crippen LogP contribution < -0.4 is 10.5 Å². The minimum Gasteiger partial charge on any atom is -0.326 e. The molecule has 112 valence electrons. The molecule has 21 heavy (non-hydrogen) atoms. The highest BCUT2D eigenvalue weighted by Crippen LogP contribution is 2.23. The molecular weight excluding hydrogens is 322 g/mol. The molecule has 0 atom stereocenters. The molecule has 8 heteroatoms. The summed E-state index contributed by atoms with van der Waals surface area (Å²) >= 11 is 5.85. The van der Waals surface area contributed by atoms with Crippen LogP contribution >= 0.6 is 11.6 Å². The average Bonchev–Trinajstić information content (AvgIpc) is 2.43. The Bertz CT molecular complexity index is 782. The van der Waals surface area contributed by atoms with Crippen molar-refractivity contribution in [3.8, 4) is 0 Å². The number of nitrogens with one attached hydrogen (secondary N) is 1. The number of halogens is 3. The van der Waals surface area contributed by atoms with Crippen LogP contribution in [0.5, 0.6) is 0 Å². The first-order valence-corrected chi connectivity index (χ1v) is 7.66. The maximum absolute atomic E-state index is 13.5. The Morgan fingerprint density at radius 1 is 1.14 bits per heavy atom. The molecule has 0 aliphatic carbocycles. The van der Waals surface area contributed by atoms with Crippen molar-refractivity contribution in [1.82, 2.24) is 0 Å². The van der Waals surface area contributed by atoms with Crippen LogP contribution in [0.1, 0.15) is 5.56 Å². The highest BCUT2D eigenvalue weighted by Gasteiger charge is 2.18. The summed E-state index contributed by atoms with van der Waals surface area (Å²) in [4.78, 5) is -0.143. The molecule has 0 bridgehead atoms. The molecule has 0 saturated heterocycles. The van der Waals surface area contributed by atoms with Gasteiger partial charge in [-0.3, -0.25) is 4.72 Å². The van der Waals surface area contributed by atoms with Crippen molar-refractivity contribution in [2.75, 3.05) is 4.72 Å². The zero-order valence-electron chi connectivity index (χ0n) is 10.6. The SMILES string of the molecule is NCc1cc(S(=O)(=O)Nc2cc(F)ccc2F)ccc1Cl. The monoisotopic (exact) mass is 332 g/mol. The summed E-state index contributed by atoms with van der Waals surface area (Å²) in [5.74, 6) is -1.64. The van der Waals surface area contributed by atoms with Gasteiger partial charge in [0.1, 0.15) is 11.6 Å². The van der Waals surface area contributed by atoms with E-state index in [-0.39, 0.29) is 11.4 Å². The molecule has 0 aliphatic rings. The summed E-state index contributed by atoms with van der Waals surface area (Å²) in [5.41, 5.74) is 5.41. The molecule has 0 saturated carbocycles. The summed E-state index contributed by atoms with van der Waals surface area (Å²) in [7, 11) is -4.07. The maximum Gasteiger partial charge on any atom is 0.261 e. The van der Waals surface area contributed by atoms with E-state index < -0.39 is 27.3 Å². The Morgan fingerprint density at radius 2 is 1.86 bits per heavy atom.